The SMILES string of the molecule is CN(CC(=O)c1nccs1)C[C@H]1CCCN1. The Kier molecular flexibility index (Phi) is 4.04. The Bertz CT molecular complexity index is 333. The summed E-state index contributed by atoms with van der Waals surface area (Å²) >= 11 is 1.41. The van der Waals surface area contributed by atoms with E-state index in [-0.39, 0.29) is 5.78 Å². The smallest absolute Gasteiger partial charge is 0.205 e. The van der Waals surface area contributed by atoms with E-state index in [9.17, 15) is 4.79 Å². The molecule has 0 unspecified atom stereocenters. The van der Waals surface area contributed by atoms with Crippen molar-refractivity contribution >= 4 is 17.1 Å². The molecule has 0 radical (unpaired) electrons. The van der Waals surface area contributed by atoms with Crippen LogP contribution in [0, 0.1) is 0 Å². The number of hydrogen-bond acceptors (Lipinski definition) is 5. The number of thiazole rings is 1. The van der Waals surface area contributed by atoms with Gasteiger partial charge in [-0.15, -0.1) is 11.3 Å². The molecule has 0 amide bonds. The molecule has 1 aliphatic heterocycles. The average Bonchev–Trinajstić information content (AvgIpc) is 2.88. The van der Waals surface area contributed by atoms with Crippen molar-refractivity contribution in [3.63, 3.8) is 0 Å². The number of Topliss-reactive ketones (excluding diaryl/α,β-unsaturated/α-hetero) is 1. The number of nitrogens with one attached hydrogen (secondary N) is 1. The van der Waals surface area contributed by atoms with Crippen molar-refractivity contribution in [3.8, 4) is 0 Å². The summed E-state index contributed by atoms with van der Waals surface area (Å²) in [7, 11) is 1.99. The van der Waals surface area contributed by atoms with Gasteiger partial charge in [0.2, 0.25) is 5.78 Å². The second kappa shape index (κ2) is 5.52. The molecule has 1 saturated heterocycles. The first-order chi connectivity index (χ1) is 7.75. The second-order valence-corrected chi connectivity index (χ2v) is 5.15. The highest BCUT2D eigenvalue weighted by Crippen LogP contribution is 2.08. The molecule has 2 rings (SSSR count). The molecule has 0 aromatic carbocycles. The summed E-state index contributed by atoms with van der Waals surface area (Å²) in [5.74, 6) is 0.121. The van der Waals surface area contributed by atoms with Gasteiger partial charge < -0.3 is 5.32 Å². The molecule has 2 heterocycles. The molecule has 16 heavy (non-hydrogen) atoms. The molecule has 1 aromatic heterocycles. The van der Waals surface area contributed by atoms with Crippen LogP contribution in [-0.2, 0) is 0 Å². The first kappa shape index (κ1) is 11.7. The van der Waals surface area contributed by atoms with Gasteiger partial charge in [0.1, 0.15) is 0 Å². The van der Waals surface area contributed by atoms with Crippen LogP contribution >= 0.6 is 11.3 Å². The van der Waals surface area contributed by atoms with Gasteiger partial charge in [0.15, 0.2) is 5.01 Å². The van der Waals surface area contributed by atoms with Crippen LogP contribution in [0.4, 0.5) is 0 Å². The Balaban J connectivity index is 1.78. The van der Waals surface area contributed by atoms with Gasteiger partial charge in [-0.2, -0.15) is 0 Å². The fourth-order valence-corrected chi connectivity index (χ4v) is 2.60. The van der Waals surface area contributed by atoms with Gasteiger partial charge in [-0.25, -0.2) is 4.98 Å². The predicted molar refractivity (Wildman–Crippen MR) is 65.0 cm³/mol. The number of ketones is 1. The molecule has 1 atom stereocenters. The summed E-state index contributed by atoms with van der Waals surface area (Å²) in [4.78, 5) is 17.9. The minimum absolute atomic E-state index is 0.121. The lowest BCUT2D eigenvalue weighted by Crippen LogP contribution is -2.37. The summed E-state index contributed by atoms with van der Waals surface area (Å²) in [6.07, 6.45) is 4.14. The van der Waals surface area contributed by atoms with Crippen molar-refractivity contribution in [3.05, 3.63) is 16.6 Å². The van der Waals surface area contributed by atoms with Crippen LogP contribution in [0.2, 0.25) is 0 Å². The molecule has 0 spiro atoms. The van der Waals surface area contributed by atoms with Crippen molar-refractivity contribution in [2.75, 3.05) is 26.7 Å². The lowest BCUT2D eigenvalue weighted by Gasteiger charge is -2.19. The van der Waals surface area contributed by atoms with Crippen LogP contribution in [0.5, 0.6) is 0 Å². The Hall–Kier alpha value is -0.780. The minimum Gasteiger partial charge on any atom is -0.313 e. The topological polar surface area (TPSA) is 45.2 Å². The Morgan fingerprint density at radius 2 is 2.62 bits per heavy atom. The summed E-state index contributed by atoms with van der Waals surface area (Å²) in [6, 6.07) is 0.550. The summed E-state index contributed by atoms with van der Waals surface area (Å²) in [5, 5.41) is 5.89. The maximum Gasteiger partial charge on any atom is 0.205 e. The third-order valence-corrected chi connectivity index (χ3v) is 3.59. The second-order valence-electron chi connectivity index (χ2n) is 4.25. The van der Waals surface area contributed by atoms with E-state index in [0.29, 0.717) is 17.6 Å². The van der Waals surface area contributed by atoms with Crippen LogP contribution in [-0.4, -0.2) is 48.4 Å². The lowest BCUT2D eigenvalue weighted by atomic mass is 10.2. The average molecular weight is 239 g/mol. The van der Waals surface area contributed by atoms with E-state index in [1.165, 1.54) is 24.2 Å². The predicted octanol–water partition coefficient (Wildman–Crippen LogP) is 1.01. The van der Waals surface area contributed by atoms with E-state index in [4.69, 9.17) is 0 Å². The van der Waals surface area contributed by atoms with E-state index in [0.717, 1.165) is 13.1 Å². The number of hydrogen-bond donors (Lipinski definition) is 1. The molecule has 88 valence electrons. The molecule has 0 bridgehead atoms. The first-order valence-corrected chi connectivity index (χ1v) is 6.48. The molecule has 0 aliphatic carbocycles. The van der Waals surface area contributed by atoms with Crippen molar-refractivity contribution in [1.29, 1.82) is 0 Å². The number of nitrogens with zero attached hydrogens (tertiary/aromatic N) is 2. The zero-order chi connectivity index (χ0) is 11.4. The minimum atomic E-state index is 0.121. The summed E-state index contributed by atoms with van der Waals surface area (Å²) < 4.78 is 0. The third-order valence-electron chi connectivity index (χ3n) is 2.78. The standard InChI is InChI=1S/C11H17N3OS/c1-14(7-9-3-2-4-12-9)8-10(15)11-13-5-6-16-11/h5-6,9,12H,2-4,7-8H2,1H3/t9-/m1/s1. The van der Waals surface area contributed by atoms with Gasteiger partial charge in [-0.05, 0) is 26.4 Å². The molecule has 4 nitrogen and oxygen atoms in total. The Morgan fingerprint density at radius 3 is 3.25 bits per heavy atom. The summed E-state index contributed by atoms with van der Waals surface area (Å²) in [5.41, 5.74) is 0. The van der Waals surface area contributed by atoms with Crippen molar-refractivity contribution in [1.82, 2.24) is 15.2 Å². The van der Waals surface area contributed by atoms with Crippen molar-refractivity contribution < 1.29 is 4.79 Å². The summed E-state index contributed by atoms with van der Waals surface area (Å²) in [6.45, 7) is 2.52. The maximum atomic E-state index is 11.8. The first-order valence-electron chi connectivity index (χ1n) is 5.60. The van der Waals surface area contributed by atoms with Crippen molar-refractivity contribution in [2.45, 2.75) is 18.9 Å². The van der Waals surface area contributed by atoms with E-state index < -0.39 is 0 Å². The molecule has 1 fully saturated rings. The number of aromatic nitrogens is 1. The van der Waals surface area contributed by atoms with Crippen LogP contribution in [0.15, 0.2) is 11.6 Å². The third kappa shape index (κ3) is 3.10. The Morgan fingerprint density at radius 1 is 1.75 bits per heavy atom. The zero-order valence-electron chi connectivity index (χ0n) is 9.48. The van der Waals surface area contributed by atoms with Crippen LogP contribution in [0.25, 0.3) is 0 Å². The lowest BCUT2D eigenvalue weighted by molar-refractivity contribution is 0.0942. The fourth-order valence-electron chi connectivity index (χ4n) is 2.03. The van der Waals surface area contributed by atoms with Gasteiger partial charge in [0.25, 0.3) is 0 Å². The zero-order valence-corrected chi connectivity index (χ0v) is 10.3. The quantitative estimate of drug-likeness (QED) is 0.779. The van der Waals surface area contributed by atoms with E-state index in [1.54, 1.807) is 6.20 Å². The molecule has 1 aliphatic rings. The highest BCUT2D eigenvalue weighted by atomic mass is 32.1. The van der Waals surface area contributed by atoms with Crippen molar-refractivity contribution in [2.24, 2.45) is 0 Å². The molecule has 1 aromatic rings. The fraction of sp³-hybridized carbons (Fsp3) is 0.636. The highest BCUT2D eigenvalue weighted by Gasteiger charge is 2.18. The van der Waals surface area contributed by atoms with Crippen LogP contribution in [0.1, 0.15) is 22.6 Å². The van der Waals surface area contributed by atoms with Gasteiger partial charge in [0, 0.05) is 24.2 Å². The Labute approximate surface area is 99.7 Å². The van der Waals surface area contributed by atoms with E-state index in [1.807, 2.05) is 12.4 Å². The number of likely N-dealkylation sites (N-methyl/N-ethyl adjacent to an activating group) is 1. The van der Waals surface area contributed by atoms with Crippen LogP contribution < -0.4 is 5.32 Å². The van der Waals surface area contributed by atoms with Gasteiger partial charge in [-0.3, -0.25) is 9.69 Å². The highest BCUT2D eigenvalue weighted by molar-refractivity contribution is 7.11. The maximum absolute atomic E-state index is 11.8. The molecular formula is C11H17N3OS. The molecule has 0 saturated carbocycles. The van der Waals surface area contributed by atoms with Gasteiger partial charge >= 0.3 is 0 Å². The molecular weight excluding hydrogens is 222 g/mol. The van der Waals surface area contributed by atoms with Crippen LogP contribution in [0.3, 0.4) is 0 Å². The normalized spacial score (nSPS) is 20.5. The monoisotopic (exact) mass is 239 g/mol. The molecule has 5 heteroatoms. The van der Waals surface area contributed by atoms with Gasteiger partial charge in [0.05, 0.1) is 6.54 Å². The number of rotatable bonds is 5. The number of carbonyl (C=O) groups excluding carboxylic acids is 1. The largest absolute Gasteiger partial charge is 0.313 e. The van der Waals surface area contributed by atoms with E-state index >= 15 is 0 Å². The number of carbonyl (C=O) groups is 1. The van der Waals surface area contributed by atoms with E-state index in [2.05, 4.69) is 15.2 Å². The molecule has 1 N–H and O–H groups in total. The van der Waals surface area contributed by atoms with Gasteiger partial charge in [-0.1, -0.05) is 0 Å².